The van der Waals surface area contributed by atoms with Crippen molar-refractivity contribution < 1.29 is 14.2 Å². The van der Waals surface area contributed by atoms with E-state index in [-0.39, 0.29) is 5.75 Å². The second-order valence-electron chi connectivity index (χ2n) is 2.86. The standard InChI is InChI=1S/C9H12ClO3PS2/c1-12-14(15,13-2)16-6-7-3-4-8(10)5-9(7)11/h3-5,11H,6H2,1-2H3. The first-order valence-corrected chi connectivity index (χ1v) is 8.95. The Morgan fingerprint density at radius 1 is 1.44 bits per heavy atom. The second-order valence-corrected chi connectivity index (χ2v) is 9.82. The second kappa shape index (κ2) is 6.24. The van der Waals surface area contributed by atoms with Crippen LogP contribution in [-0.4, -0.2) is 19.3 Å². The molecule has 3 nitrogen and oxygen atoms in total. The van der Waals surface area contributed by atoms with Crippen LogP contribution in [0.2, 0.25) is 5.02 Å². The molecule has 0 fully saturated rings. The Kier molecular flexibility index (Phi) is 5.57. The molecule has 0 atom stereocenters. The Morgan fingerprint density at radius 3 is 2.56 bits per heavy atom. The van der Waals surface area contributed by atoms with Crippen LogP contribution in [0.5, 0.6) is 5.75 Å². The number of benzene rings is 1. The zero-order chi connectivity index (χ0) is 12.2. The number of aromatic hydroxyl groups is 1. The summed E-state index contributed by atoms with van der Waals surface area (Å²) in [6, 6.07) is 4.98. The molecule has 0 saturated heterocycles. The Morgan fingerprint density at radius 2 is 2.06 bits per heavy atom. The first-order valence-electron chi connectivity index (χ1n) is 4.34. The predicted octanol–water partition coefficient (Wildman–Crippen LogP) is 3.80. The molecule has 90 valence electrons. The molecule has 16 heavy (non-hydrogen) atoms. The van der Waals surface area contributed by atoms with Crippen LogP contribution in [0.1, 0.15) is 5.56 Å². The van der Waals surface area contributed by atoms with Gasteiger partial charge in [-0.1, -0.05) is 29.0 Å². The molecule has 0 unspecified atom stereocenters. The van der Waals surface area contributed by atoms with Crippen LogP contribution < -0.4 is 0 Å². The van der Waals surface area contributed by atoms with Gasteiger partial charge >= 0.3 is 0 Å². The van der Waals surface area contributed by atoms with Crippen molar-refractivity contribution in [3.63, 3.8) is 0 Å². The highest BCUT2D eigenvalue weighted by Crippen LogP contribution is 2.61. The Balaban J connectivity index is 2.71. The summed E-state index contributed by atoms with van der Waals surface area (Å²) in [5, 5.41) is 10.1. The third kappa shape index (κ3) is 3.91. The van der Waals surface area contributed by atoms with Crippen LogP contribution in [-0.2, 0) is 26.6 Å². The maximum Gasteiger partial charge on any atom is 0.247 e. The fraction of sp³-hybridized carbons (Fsp3) is 0.333. The van der Waals surface area contributed by atoms with E-state index in [4.69, 9.17) is 32.5 Å². The van der Waals surface area contributed by atoms with Gasteiger partial charge in [0.1, 0.15) is 5.75 Å². The molecular weight excluding hydrogens is 287 g/mol. The molecule has 0 aromatic heterocycles. The number of hydrogen-bond donors (Lipinski definition) is 1. The van der Waals surface area contributed by atoms with E-state index in [1.165, 1.54) is 31.7 Å². The molecule has 0 bridgehead atoms. The molecule has 0 aliphatic rings. The molecular formula is C9H12ClO3PS2. The minimum atomic E-state index is -2.27. The number of hydrogen-bond acceptors (Lipinski definition) is 5. The molecule has 0 amide bonds. The van der Waals surface area contributed by atoms with Gasteiger partial charge in [0.05, 0.1) is 0 Å². The highest BCUT2D eigenvalue weighted by Gasteiger charge is 2.17. The summed E-state index contributed by atoms with van der Waals surface area (Å²) >= 11 is 12.3. The van der Waals surface area contributed by atoms with Crippen molar-refractivity contribution in [3.8, 4) is 5.75 Å². The van der Waals surface area contributed by atoms with Gasteiger partial charge in [-0.05, 0) is 23.9 Å². The minimum absolute atomic E-state index is 0.161. The van der Waals surface area contributed by atoms with Gasteiger partial charge in [-0.15, -0.1) is 0 Å². The van der Waals surface area contributed by atoms with Crippen LogP contribution in [0.15, 0.2) is 18.2 Å². The first-order chi connectivity index (χ1) is 7.50. The van der Waals surface area contributed by atoms with Crippen molar-refractivity contribution in [2.45, 2.75) is 5.75 Å². The monoisotopic (exact) mass is 298 g/mol. The third-order valence-electron chi connectivity index (χ3n) is 1.87. The van der Waals surface area contributed by atoms with E-state index in [1.54, 1.807) is 12.1 Å². The lowest BCUT2D eigenvalue weighted by atomic mass is 10.2. The zero-order valence-electron chi connectivity index (χ0n) is 8.84. The Bertz CT molecular complexity index is 406. The number of phenolic OH excluding ortho intramolecular Hbond substituents is 1. The van der Waals surface area contributed by atoms with Gasteiger partial charge in [-0.25, -0.2) is 0 Å². The average molecular weight is 299 g/mol. The third-order valence-corrected chi connectivity index (χ3v) is 7.83. The number of phenols is 1. The van der Waals surface area contributed by atoms with Gasteiger partial charge in [0.2, 0.25) is 5.69 Å². The van der Waals surface area contributed by atoms with E-state index < -0.39 is 5.69 Å². The summed E-state index contributed by atoms with van der Waals surface area (Å²) in [5.74, 6) is 0.691. The van der Waals surface area contributed by atoms with Gasteiger partial charge in [-0.3, -0.25) is 0 Å². The molecule has 1 N–H and O–H groups in total. The molecule has 1 aromatic rings. The fourth-order valence-electron chi connectivity index (χ4n) is 0.988. The summed E-state index contributed by atoms with van der Waals surface area (Å²) in [6.45, 7) is 0. The van der Waals surface area contributed by atoms with Crippen LogP contribution in [0.3, 0.4) is 0 Å². The molecule has 0 heterocycles. The van der Waals surface area contributed by atoms with Gasteiger partial charge in [0.25, 0.3) is 0 Å². The average Bonchev–Trinajstić information content (AvgIpc) is 2.27. The van der Waals surface area contributed by atoms with Crippen molar-refractivity contribution in [1.29, 1.82) is 0 Å². The largest absolute Gasteiger partial charge is 0.508 e. The first kappa shape index (κ1) is 14.3. The summed E-state index contributed by atoms with van der Waals surface area (Å²) in [6.07, 6.45) is 0. The highest BCUT2D eigenvalue weighted by molar-refractivity contribution is 8.67. The van der Waals surface area contributed by atoms with Crippen LogP contribution in [0.25, 0.3) is 0 Å². The molecule has 0 aliphatic heterocycles. The van der Waals surface area contributed by atoms with E-state index in [9.17, 15) is 5.11 Å². The number of halogens is 1. The number of rotatable bonds is 5. The summed E-state index contributed by atoms with van der Waals surface area (Å²) in [4.78, 5) is 0. The highest BCUT2D eigenvalue weighted by atomic mass is 35.5. The molecule has 0 spiro atoms. The Labute approximate surface area is 109 Å². The van der Waals surface area contributed by atoms with E-state index >= 15 is 0 Å². The van der Waals surface area contributed by atoms with Crippen molar-refractivity contribution in [1.82, 2.24) is 0 Å². The van der Waals surface area contributed by atoms with Gasteiger partial charge in [0, 0.05) is 30.6 Å². The van der Waals surface area contributed by atoms with E-state index in [0.29, 0.717) is 10.8 Å². The zero-order valence-corrected chi connectivity index (χ0v) is 12.1. The van der Waals surface area contributed by atoms with E-state index in [0.717, 1.165) is 5.56 Å². The smallest absolute Gasteiger partial charge is 0.247 e. The van der Waals surface area contributed by atoms with Crippen LogP contribution in [0.4, 0.5) is 0 Å². The van der Waals surface area contributed by atoms with Crippen molar-refractivity contribution in [2.75, 3.05) is 14.2 Å². The molecule has 0 saturated carbocycles. The molecule has 0 aliphatic carbocycles. The van der Waals surface area contributed by atoms with Gasteiger partial charge < -0.3 is 14.2 Å². The van der Waals surface area contributed by atoms with Crippen molar-refractivity contribution in [2.24, 2.45) is 0 Å². The quantitative estimate of drug-likeness (QED) is 0.837. The van der Waals surface area contributed by atoms with Crippen molar-refractivity contribution >= 4 is 40.5 Å². The SMILES string of the molecule is COP(=S)(OC)SCc1ccc(Cl)cc1O. The minimum Gasteiger partial charge on any atom is -0.508 e. The maximum absolute atomic E-state index is 9.63. The van der Waals surface area contributed by atoms with Crippen molar-refractivity contribution in [3.05, 3.63) is 28.8 Å². The van der Waals surface area contributed by atoms with E-state index in [1.807, 2.05) is 0 Å². The fourth-order valence-corrected chi connectivity index (χ4v) is 4.05. The molecule has 7 heteroatoms. The van der Waals surface area contributed by atoms with Gasteiger partial charge in [-0.2, -0.15) is 0 Å². The van der Waals surface area contributed by atoms with Crippen LogP contribution >= 0.6 is 28.7 Å². The molecule has 1 aromatic carbocycles. The van der Waals surface area contributed by atoms with E-state index in [2.05, 4.69) is 0 Å². The predicted molar refractivity (Wildman–Crippen MR) is 72.7 cm³/mol. The van der Waals surface area contributed by atoms with Crippen LogP contribution in [0, 0.1) is 0 Å². The lowest BCUT2D eigenvalue weighted by Gasteiger charge is -2.16. The summed E-state index contributed by atoms with van der Waals surface area (Å²) in [5.41, 5.74) is -1.51. The summed E-state index contributed by atoms with van der Waals surface area (Å²) in [7, 11) is 3.05. The maximum atomic E-state index is 9.63. The normalized spacial score (nSPS) is 11.7. The lowest BCUT2D eigenvalue weighted by molar-refractivity contribution is 0.354. The molecule has 1 rings (SSSR count). The molecule has 0 radical (unpaired) electrons. The lowest BCUT2D eigenvalue weighted by Crippen LogP contribution is -1.86. The Hall–Kier alpha value is 0.230. The van der Waals surface area contributed by atoms with Gasteiger partial charge in [0.15, 0.2) is 0 Å². The topological polar surface area (TPSA) is 38.7 Å². The summed E-state index contributed by atoms with van der Waals surface area (Å²) < 4.78 is 10.3.